The minimum absolute atomic E-state index is 0.208. The zero-order valence-electron chi connectivity index (χ0n) is 8.64. The lowest BCUT2D eigenvalue weighted by molar-refractivity contribution is 0.141. The maximum absolute atomic E-state index is 12.5. The van der Waals surface area contributed by atoms with Crippen molar-refractivity contribution in [3.8, 4) is 11.5 Å². The Hall–Kier alpha value is -0.550. The summed E-state index contributed by atoms with van der Waals surface area (Å²) in [5.74, 6) is 0.732. The Morgan fingerprint density at radius 1 is 1.19 bits per heavy atom. The van der Waals surface area contributed by atoms with E-state index in [4.69, 9.17) is 21.1 Å². The Kier molecular flexibility index (Phi) is 4.80. The van der Waals surface area contributed by atoms with Crippen molar-refractivity contribution < 1.29 is 18.3 Å². The molecule has 0 aliphatic carbocycles. The van der Waals surface area contributed by atoms with Crippen LogP contribution in [0.1, 0.15) is 10.9 Å². The third-order valence-corrected chi connectivity index (χ3v) is 3.07. The molecule has 0 bridgehead atoms. The van der Waals surface area contributed by atoms with Crippen LogP contribution in [0.4, 0.5) is 8.78 Å². The summed E-state index contributed by atoms with van der Waals surface area (Å²) in [6.07, 6.45) is -2.67. The van der Waals surface area contributed by atoms with Gasteiger partial charge in [-0.3, -0.25) is 0 Å². The molecule has 90 valence electrons. The van der Waals surface area contributed by atoms with Gasteiger partial charge in [-0.1, -0.05) is 0 Å². The van der Waals surface area contributed by atoms with Gasteiger partial charge in [0, 0.05) is 5.56 Å². The van der Waals surface area contributed by atoms with Gasteiger partial charge in [0.25, 0.3) is 6.43 Å². The van der Waals surface area contributed by atoms with Crippen LogP contribution in [-0.2, 0) is 0 Å². The molecule has 0 heterocycles. The molecule has 0 saturated heterocycles. The van der Waals surface area contributed by atoms with Gasteiger partial charge >= 0.3 is 0 Å². The van der Waals surface area contributed by atoms with Crippen LogP contribution in [0.3, 0.4) is 0 Å². The van der Waals surface area contributed by atoms with Crippen molar-refractivity contribution in [2.75, 3.05) is 14.2 Å². The highest BCUT2D eigenvalue weighted by molar-refractivity contribution is 9.10. The van der Waals surface area contributed by atoms with Crippen LogP contribution in [0.15, 0.2) is 16.6 Å². The molecule has 0 N–H and O–H groups in total. The van der Waals surface area contributed by atoms with E-state index in [-0.39, 0.29) is 5.56 Å². The summed E-state index contributed by atoms with van der Waals surface area (Å²) in [6, 6.07) is 2.98. The van der Waals surface area contributed by atoms with E-state index in [1.165, 1.54) is 20.3 Å². The maximum Gasteiger partial charge on any atom is 0.258 e. The summed E-state index contributed by atoms with van der Waals surface area (Å²) < 4.78 is 35.7. The lowest BCUT2D eigenvalue weighted by Gasteiger charge is -2.15. The molecule has 1 rings (SSSR count). The van der Waals surface area contributed by atoms with Crippen LogP contribution >= 0.6 is 27.5 Å². The predicted molar refractivity (Wildman–Crippen MR) is 61.8 cm³/mol. The van der Waals surface area contributed by atoms with E-state index in [0.29, 0.717) is 16.0 Å². The molecule has 0 fully saturated rings. The van der Waals surface area contributed by atoms with Gasteiger partial charge in [0.05, 0.1) is 18.7 Å². The minimum Gasteiger partial charge on any atom is -0.496 e. The number of ether oxygens (including phenoxy) is 2. The molecular weight excluding hydrogens is 305 g/mol. The monoisotopic (exact) mass is 314 g/mol. The Labute approximate surface area is 106 Å². The largest absolute Gasteiger partial charge is 0.496 e. The molecule has 1 unspecified atom stereocenters. The molecule has 0 aliphatic heterocycles. The fourth-order valence-corrected chi connectivity index (χ4v) is 1.89. The highest BCUT2D eigenvalue weighted by atomic mass is 79.9. The van der Waals surface area contributed by atoms with E-state index >= 15 is 0 Å². The fraction of sp³-hybridized carbons (Fsp3) is 0.400. The van der Waals surface area contributed by atoms with E-state index in [2.05, 4.69) is 15.9 Å². The number of hydrogen-bond donors (Lipinski definition) is 0. The molecule has 0 saturated carbocycles. The van der Waals surface area contributed by atoms with Gasteiger partial charge in [0.15, 0.2) is 0 Å². The van der Waals surface area contributed by atoms with E-state index < -0.39 is 11.8 Å². The molecule has 0 aliphatic rings. The molecule has 16 heavy (non-hydrogen) atoms. The summed E-state index contributed by atoms with van der Waals surface area (Å²) in [7, 11) is 2.84. The Bertz CT molecular complexity index is 374. The lowest BCUT2D eigenvalue weighted by atomic mass is 10.1. The molecular formula is C10H10BrClF2O2. The van der Waals surface area contributed by atoms with Gasteiger partial charge in [-0.25, -0.2) is 8.78 Å². The molecule has 6 heteroatoms. The summed E-state index contributed by atoms with van der Waals surface area (Å²) >= 11 is 8.84. The average Bonchev–Trinajstić information content (AvgIpc) is 2.27. The SMILES string of the molecule is COc1cc(C(Cl)C(F)F)c(OC)cc1Br. The van der Waals surface area contributed by atoms with Gasteiger partial charge in [-0.2, -0.15) is 0 Å². The summed E-state index contributed by atoms with van der Waals surface area (Å²) in [5, 5.41) is -1.42. The number of halogens is 4. The average molecular weight is 316 g/mol. The second-order valence-corrected chi connectivity index (χ2v) is 4.29. The van der Waals surface area contributed by atoms with Crippen molar-refractivity contribution in [3.63, 3.8) is 0 Å². The highest BCUT2D eigenvalue weighted by Gasteiger charge is 2.24. The van der Waals surface area contributed by atoms with Gasteiger partial charge in [0.1, 0.15) is 16.9 Å². The van der Waals surface area contributed by atoms with Crippen molar-refractivity contribution in [2.45, 2.75) is 11.8 Å². The first-order chi connectivity index (χ1) is 7.51. The van der Waals surface area contributed by atoms with Gasteiger partial charge in [0.2, 0.25) is 0 Å². The minimum atomic E-state index is -2.67. The van der Waals surface area contributed by atoms with Crippen molar-refractivity contribution in [3.05, 3.63) is 22.2 Å². The van der Waals surface area contributed by atoms with Crippen LogP contribution in [-0.4, -0.2) is 20.6 Å². The van der Waals surface area contributed by atoms with Crippen molar-refractivity contribution in [2.24, 2.45) is 0 Å². The third-order valence-electron chi connectivity index (χ3n) is 2.02. The number of methoxy groups -OCH3 is 2. The molecule has 0 aromatic heterocycles. The summed E-state index contributed by atoms with van der Waals surface area (Å²) in [6.45, 7) is 0. The number of rotatable bonds is 4. The van der Waals surface area contributed by atoms with Crippen LogP contribution < -0.4 is 9.47 Å². The van der Waals surface area contributed by atoms with Gasteiger partial charge < -0.3 is 9.47 Å². The normalized spacial score (nSPS) is 12.7. The second kappa shape index (κ2) is 5.68. The lowest BCUT2D eigenvalue weighted by Crippen LogP contribution is -2.05. The van der Waals surface area contributed by atoms with E-state index in [1.807, 2.05) is 0 Å². The van der Waals surface area contributed by atoms with Gasteiger partial charge in [-0.05, 0) is 28.1 Å². The van der Waals surface area contributed by atoms with Crippen molar-refractivity contribution >= 4 is 27.5 Å². The first kappa shape index (κ1) is 13.5. The predicted octanol–water partition coefficient (Wildman–Crippen LogP) is 4.01. The Balaban J connectivity index is 3.24. The first-order valence-corrected chi connectivity index (χ1v) is 5.57. The topological polar surface area (TPSA) is 18.5 Å². The summed E-state index contributed by atoms with van der Waals surface area (Å²) in [5.41, 5.74) is 0.208. The Morgan fingerprint density at radius 2 is 1.75 bits per heavy atom. The quantitative estimate of drug-likeness (QED) is 0.782. The van der Waals surface area contributed by atoms with Crippen molar-refractivity contribution in [1.82, 2.24) is 0 Å². The fourth-order valence-electron chi connectivity index (χ4n) is 1.24. The van der Waals surface area contributed by atoms with Crippen LogP contribution in [0.5, 0.6) is 11.5 Å². The number of benzene rings is 1. The molecule has 1 aromatic rings. The zero-order chi connectivity index (χ0) is 12.3. The molecule has 1 aromatic carbocycles. The van der Waals surface area contributed by atoms with E-state index in [1.54, 1.807) is 6.07 Å². The smallest absolute Gasteiger partial charge is 0.258 e. The second-order valence-electron chi connectivity index (χ2n) is 2.96. The first-order valence-electron chi connectivity index (χ1n) is 4.35. The van der Waals surface area contributed by atoms with Gasteiger partial charge in [-0.15, -0.1) is 11.6 Å². The highest BCUT2D eigenvalue weighted by Crippen LogP contribution is 2.40. The number of hydrogen-bond acceptors (Lipinski definition) is 2. The van der Waals surface area contributed by atoms with Crippen LogP contribution in [0.2, 0.25) is 0 Å². The zero-order valence-corrected chi connectivity index (χ0v) is 11.0. The van der Waals surface area contributed by atoms with E-state index in [0.717, 1.165) is 0 Å². The van der Waals surface area contributed by atoms with E-state index in [9.17, 15) is 8.78 Å². The molecule has 0 spiro atoms. The summed E-state index contributed by atoms with van der Waals surface area (Å²) in [4.78, 5) is 0. The molecule has 1 atom stereocenters. The van der Waals surface area contributed by atoms with Crippen LogP contribution in [0.25, 0.3) is 0 Å². The standard InChI is InChI=1S/C10H10BrClF2O2/c1-15-7-4-6(11)8(16-2)3-5(7)9(12)10(13)14/h3-4,9-10H,1-2H3. The maximum atomic E-state index is 12.5. The van der Waals surface area contributed by atoms with Crippen LogP contribution in [0, 0.1) is 0 Å². The number of alkyl halides is 3. The molecule has 0 radical (unpaired) electrons. The third kappa shape index (κ3) is 2.77. The molecule has 2 nitrogen and oxygen atoms in total. The van der Waals surface area contributed by atoms with Crippen molar-refractivity contribution in [1.29, 1.82) is 0 Å². The molecule has 0 amide bonds. The Morgan fingerprint density at radius 3 is 2.19 bits per heavy atom.